The lowest BCUT2D eigenvalue weighted by atomic mass is 10.1. The Morgan fingerprint density at radius 1 is 0.824 bits per heavy atom. The molecule has 1 aliphatic heterocycles. The van der Waals surface area contributed by atoms with Gasteiger partial charge in [-0.05, 0) is 37.9 Å². The fourth-order valence-corrected chi connectivity index (χ4v) is 6.62. The first kappa shape index (κ1) is 44.8. The van der Waals surface area contributed by atoms with Crippen molar-refractivity contribution in [2.24, 2.45) is 28.1 Å². The predicted molar refractivity (Wildman–Crippen MR) is 195 cm³/mol. The lowest BCUT2D eigenvalue weighted by Gasteiger charge is -2.29. The van der Waals surface area contributed by atoms with Gasteiger partial charge in [0.1, 0.15) is 18.1 Å². The molecule has 1 heterocycles. The van der Waals surface area contributed by atoms with Gasteiger partial charge in [0.25, 0.3) is 0 Å². The summed E-state index contributed by atoms with van der Waals surface area (Å²) in [6, 6.07) is -2.86. The summed E-state index contributed by atoms with van der Waals surface area (Å²) in [5, 5.41) is 15.4. The summed E-state index contributed by atoms with van der Waals surface area (Å²) in [5.41, 5.74) is 15.7. The molecule has 3 atom stereocenters. The Labute approximate surface area is 306 Å². The van der Waals surface area contributed by atoms with Gasteiger partial charge in [0.15, 0.2) is 5.96 Å². The zero-order chi connectivity index (χ0) is 38.3. The van der Waals surface area contributed by atoms with Gasteiger partial charge in [-0.15, -0.1) is 11.8 Å². The van der Waals surface area contributed by atoms with Crippen LogP contribution < -0.4 is 49.1 Å². The van der Waals surface area contributed by atoms with Crippen LogP contribution in [0.2, 0.25) is 0 Å². The molecule has 0 aliphatic carbocycles. The molecule has 1 saturated heterocycles. The maximum Gasteiger partial charge on any atom is 0.246 e. The normalized spacial score (nSPS) is 14.8. The zero-order valence-electron chi connectivity index (χ0n) is 29.4. The Hall–Kier alpha value is -4.27. The Bertz CT molecular complexity index is 1250. The van der Waals surface area contributed by atoms with Crippen LogP contribution in [0.25, 0.3) is 0 Å². The molecule has 0 unspecified atom stereocenters. The number of hydrogen-bond donors (Lipinski definition) is 9. The third-order valence-corrected chi connectivity index (χ3v) is 9.03. The largest absolute Gasteiger partial charge is 0.370 e. The van der Waals surface area contributed by atoms with Crippen molar-refractivity contribution in [2.45, 2.75) is 71.0 Å². The van der Waals surface area contributed by atoms with E-state index in [1.807, 2.05) is 13.8 Å². The summed E-state index contributed by atoms with van der Waals surface area (Å²) in [7, 11) is 0. The van der Waals surface area contributed by atoms with Crippen LogP contribution in [0.15, 0.2) is 4.99 Å². The van der Waals surface area contributed by atoms with E-state index >= 15 is 0 Å². The first-order valence-corrected chi connectivity index (χ1v) is 18.9. The lowest BCUT2D eigenvalue weighted by molar-refractivity contribution is -0.141. The number of rotatable bonds is 24. The number of hydrogen-bond acceptors (Lipinski definition) is 11. The molecule has 1 fully saturated rings. The molecule has 51 heavy (non-hydrogen) atoms. The van der Waals surface area contributed by atoms with E-state index in [0.717, 1.165) is 0 Å². The topological polar surface area (TPSA) is 302 Å². The van der Waals surface area contributed by atoms with E-state index in [4.69, 9.17) is 17.2 Å². The van der Waals surface area contributed by atoms with Crippen LogP contribution in [0.5, 0.6) is 0 Å². The highest BCUT2D eigenvalue weighted by atomic mass is 32.2. The number of amides is 8. The molecule has 12 N–H and O–H groups in total. The van der Waals surface area contributed by atoms with Gasteiger partial charge in [0, 0.05) is 37.4 Å². The minimum Gasteiger partial charge on any atom is -0.370 e. The van der Waals surface area contributed by atoms with Crippen LogP contribution in [0.4, 0.5) is 0 Å². The van der Waals surface area contributed by atoms with Crippen LogP contribution in [0.1, 0.15) is 52.9 Å². The van der Waals surface area contributed by atoms with Crippen LogP contribution in [0, 0.1) is 5.92 Å². The van der Waals surface area contributed by atoms with Crippen molar-refractivity contribution in [3.8, 4) is 0 Å². The fraction of sp³-hybridized carbons (Fsp3) is 0.700. The van der Waals surface area contributed by atoms with Gasteiger partial charge < -0.3 is 54.0 Å². The van der Waals surface area contributed by atoms with E-state index in [1.54, 1.807) is 6.92 Å². The van der Waals surface area contributed by atoms with Crippen LogP contribution in [-0.2, 0) is 38.4 Å². The Kier molecular flexibility index (Phi) is 21.8. The highest BCUT2D eigenvalue weighted by Crippen LogP contribution is 2.23. The van der Waals surface area contributed by atoms with Gasteiger partial charge in [-0.3, -0.25) is 43.3 Å². The van der Waals surface area contributed by atoms with Gasteiger partial charge in [0.05, 0.1) is 25.5 Å². The second kappa shape index (κ2) is 24.8. The molecule has 8 amide bonds. The number of carbonyl (C=O) groups is 8. The van der Waals surface area contributed by atoms with Gasteiger partial charge in [-0.25, -0.2) is 0 Å². The second-order valence-electron chi connectivity index (χ2n) is 11.9. The van der Waals surface area contributed by atoms with E-state index in [1.165, 1.54) is 28.4 Å². The number of nitrogens with zero attached hydrogens (tertiary/aromatic N) is 2. The van der Waals surface area contributed by atoms with E-state index in [2.05, 4.69) is 36.9 Å². The Morgan fingerprint density at radius 3 is 2.14 bits per heavy atom. The Balaban J connectivity index is 2.91. The van der Waals surface area contributed by atoms with E-state index in [9.17, 15) is 38.4 Å². The number of nitrogens with one attached hydrogen (secondary N) is 6. The standard InChI is InChI=1S/C30H53N11O8S2/c1-4-34-27(47)19(6-5-9-35-30(32)33)40-28(48)21-16-51-17-41(21)29(49)20(39-26(46)15-38-24(44)12-18(2)3)7-10-50-11-8-23(43)37-14-25(45)36-13-22(31)42/h18-21H,4-17H2,1-3H3,(H2,31,42)(H,34,47)(H,36,45)(H,37,43)(H,38,44)(H,39,46)(H,40,48)(H4,32,33,35)/t19-,20+,21+/m1/s1. The van der Waals surface area contributed by atoms with Crippen molar-refractivity contribution in [3.05, 3.63) is 0 Å². The van der Waals surface area contributed by atoms with E-state index in [0.29, 0.717) is 24.5 Å². The third kappa shape index (κ3) is 19.6. The minimum absolute atomic E-state index is 0.0599. The van der Waals surface area contributed by atoms with Crippen LogP contribution in [0.3, 0.4) is 0 Å². The summed E-state index contributed by atoms with van der Waals surface area (Å²) in [5.74, 6) is -2.89. The summed E-state index contributed by atoms with van der Waals surface area (Å²) in [4.78, 5) is 105. The maximum absolute atomic E-state index is 13.9. The molecule has 1 rings (SSSR count). The molecule has 288 valence electrons. The smallest absolute Gasteiger partial charge is 0.246 e. The number of likely N-dealkylation sites (N-methyl/N-ethyl adjacent to an activating group) is 1. The molecule has 0 saturated carbocycles. The van der Waals surface area contributed by atoms with Gasteiger partial charge in [-0.1, -0.05) is 13.8 Å². The number of aliphatic imine (C=N–C) groups is 1. The van der Waals surface area contributed by atoms with Crippen molar-refractivity contribution >= 4 is 76.7 Å². The summed E-state index contributed by atoms with van der Waals surface area (Å²) < 4.78 is 0. The van der Waals surface area contributed by atoms with E-state index in [-0.39, 0.29) is 87.2 Å². The number of thioether (sulfide) groups is 2. The van der Waals surface area contributed by atoms with Gasteiger partial charge >= 0.3 is 0 Å². The zero-order valence-corrected chi connectivity index (χ0v) is 31.1. The Morgan fingerprint density at radius 2 is 1.49 bits per heavy atom. The first-order valence-electron chi connectivity index (χ1n) is 16.6. The van der Waals surface area contributed by atoms with E-state index < -0.39 is 53.6 Å². The highest BCUT2D eigenvalue weighted by Gasteiger charge is 2.39. The SMILES string of the molecule is CCNC(=O)[C@@H](CCCN=C(N)N)NC(=O)[C@@H]1CSCN1C(=O)[C@H](CCSCCC(=O)NCC(=O)NCC(N)=O)NC(=O)CNC(=O)CC(C)C. The van der Waals surface area contributed by atoms with Crippen molar-refractivity contribution in [1.82, 2.24) is 36.8 Å². The van der Waals surface area contributed by atoms with Crippen molar-refractivity contribution in [1.29, 1.82) is 0 Å². The van der Waals surface area contributed by atoms with Crippen LogP contribution in [-0.4, -0.2) is 132 Å². The fourth-order valence-electron chi connectivity index (χ4n) is 4.52. The number of guanidine groups is 1. The summed E-state index contributed by atoms with van der Waals surface area (Å²) in [6.07, 6.45) is 1.10. The average molecular weight is 760 g/mol. The monoisotopic (exact) mass is 759 g/mol. The maximum atomic E-state index is 13.9. The molecule has 0 bridgehead atoms. The van der Waals surface area contributed by atoms with Crippen molar-refractivity contribution in [2.75, 3.05) is 55.9 Å². The van der Waals surface area contributed by atoms with Crippen molar-refractivity contribution in [3.63, 3.8) is 0 Å². The van der Waals surface area contributed by atoms with Gasteiger partial charge in [0.2, 0.25) is 47.3 Å². The minimum atomic E-state index is -1.05. The summed E-state index contributed by atoms with van der Waals surface area (Å²) in [6.45, 7) is 5.08. The predicted octanol–water partition coefficient (Wildman–Crippen LogP) is -3.56. The molecule has 0 aromatic carbocycles. The number of carbonyl (C=O) groups excluding carboxylic acids is 8. The number of primary amides is 1. The molecule has 0 spiro atoms. The highest BCUT2D eigenvalue weighted by molar-refractivity contribution is 7.99. The van der Waals surface area contributed by atoms with Crippen LogP contribution >= 0.6 is 23.5 Å². The quantitative estimate of drug-likeness (QED) is 0.0263. The summed E-state index contributed by atoms with van der Waals surface area (Å²) >= 11 is 2.68. The molecular weight excluding hydrogens is 707 g/mol. The molecule has 0 radical (unpaired) electrons. The second-order valence-corrected chi connectivity index (χ2v) is 14.1. The molecule has 19 nitrogen and oxygen atoms in total. The third-order valence-electron chi connectivity index (χ3n) is 7.00. The first-order chi connectivity index (χ1) is 24.1. The lowest BCUT2D eigenvalue weighted by Crippen LogP contribution is -2.57. The average Bonchev–Trinajstić information content (AvgIpc) is 3.55. The molecule has 1 aliphatic rings. The van der Waals surface area contributed by atoms with Gasteiger partial charge in [-0.2, -0.15) is 11.8 Å². The molecular formula is C30H53N11O8S2. The molecule has 0 aromatic rings. The molecule has 0 aromatic heterocycles. The van der Waals surface area contributed by atoms with Crippen molar-refractivity contribution < 1.29 is 38.4 Å². The molecule has 21 heteroatoms. The number of nitrogens with two attached hydrogens (primary N) is 3.